The lowest BCUT2D eigenvalue weighted by atomic mass is 9.55. The van der Waals surface area contributed by atoms with Crippen LogP contribution < -0.4 is 5.32 Å². The highest BCUT2D eigenvalue weighted by atomic mass is 16.5. The van der Waals surface area contributed by atoms with E-state index >= 15 is 0 Å². The molecule has 0 aromatic heterocycles. The van der Waals surface area contributed by atoms with Gasteiger partial charge in [-0.05, 0) is 43.9 Å². The summed E-state index contributed by atoms with van der Waals surface area (Å²) in [6.45, 7) is 3.39. The number of hydrogen-bond donors (Lipinski definition) is 1. The zero-order chi connectivity index (χ0) is 17.0. The summed E-state index contributed by atoms with van der Waals surface area (Å²) >= 11 is 0. The second-order valence-corrected chi connectivity index (χ2v) is 7.13. The molecule has 0 bridgehead atoms. The minimum absolute atomic E-state index is 0.0314. The van der Waals surface area contributed by atoms with Crippen LogP contribution in [0, 0.1) is 5.41 Å². The molecule has 2 fully saturated rings. The van der Waals surface area contributed by atoms with Crippen LogP contribution in [0.1, 0.15) is 61.4 Å². The fraction of sp³-hybridized carbons (Fsp3) is 0.650. The molecule has 2 atom stereocenters. The normalized spacial score (nSPS) is 25.2. The highest BCUT2D eigenvalue weighted by Gasteiger charge is 2.56. The third-order valence-electron chi connectivity index (χ3n) is 5.77. The van der Waals surface area contributed by atoms with Crippen LogP contribution in [0.25, 0.3) is 0 Å². The van der Waals surface area contributed by atoms with Gasteiger partial charge in [-0.2, -0.15) is 0 Å². The van der Waals surface area contributed by atoms with E-state index in [0.29, 0.717) is 12.7 Å². The van der Waals surface area contributed by atoms with Crippen molar-refractivity contribution in [2.75, 3.05) is 13.7 Å². The van der Waals surface area contributed by atoms with Crippen LogP contribution in [0.2, 0.25) is 0 Å². The molecule has 24 heavy (non-hydrogen) atoms. The summed E-state index contributed by atoms with van der Waals surface area (Å²) < 4.78 is 11.1. The maximum absolute atomic E-state index is 12.6. The topological polar surface area (TPSA) is 47.6 Å². The molecule has 1 amide bonds. The Morgan fingerprint density at radius 1 is 1.21 bits per heavy atom. The number of methoxy groups -OCH3 is 1. The first-order chi connectivity index (χ1) is 11.7. The Kier molecular flexibility index (Phi) is 5.57. The molecular weight excluding hydrogens is 302 g/mol. The van der Waals surface area contributed by atoms with Crippen molar-refractivity contribution in [1.29, 1.82) is 0 Å². The van der Waals surface area contributed by atoms with Crippen LogP contribution >= 0.6 is 0 Å². The molecule has 0 heterocycles. The lowest BCUT2D eigenvalue weighted by Crippen LogP contribution is -2.65. The number of carbonyl (C=O) groups is 1. The molecule has 4 nitrogen and oxygen atoms in total. The van der Waals surface area contributed by atoms with E-state index in [4.69, 9.17) is 9.47 Å². The van der Waals surface area contributed by atoms with Crippen molar-refractivity contribution in [3.8, 4) is 0 Å². The summed E-state index contributed by atoms with van der Waals surface area (Å²) in [4.78, 5) is 12.6. The Labute approximate surface area is 144 Å². The zero-order valence-corrected chi connectivity index (χ0v) is 14.8. The smallest absolute Gasteiger partial charge is 0.251 e. The molecule has 1 aromatic carbocycles. The minimum Gasteiger partial charge on any atom is -0.380 e. The number of carbonyl (C=O) groups excluding carboxylic acids is 1. The van der Waals surface area contributed by atoms with Crippen LogP contribution in [0.4, 0.5) is 0 Å². The van der Waals surface area contributed by atoms with Gasteiger partial charge in [0, 0.05) is 30.7 Å². The summed E-state index contributed by atoms with van der Waals surface area (Å²) in [5, 5.41) is 3.28. The lowest BCUT2D eigenvalue weighted by Gasteiger charge is -2.57. The predicted octanol–water partition coefficient (Wildman–Crippen LogP) is 3.69. The summed E-state index contributed by atoms with van der Waals surface area (Å²) in [6.07, 6.45) is 7.43. The van der Waals surface area contributed by atoms with Crippen molar-refractivity contribution in [3.05, 3.63) is 35.4 Å². The van der Waals surface area contributed by atoms with E-state index in [0.717, 1.165) is 24.2 Å². The Hall–Kier alpha value is -1.39. The van der Waals surface area contributed by atoms with E-state index in [1.807, 2.05) is 24.3 Å². The lowest BCUT2D eigenvalue weighted by molar-refractivity contribution is -0.146. The van der Waals surface area contributed by atoms with E-state index in [1.54, 1.807) is 7.11 Å². The number of rotatable bonds is 6. The van der Waals surface area contributed by atoms with E-state index in [9.17, 15) is 4.79 Å². The maximum atomic E-state index is 12.6. The van der Waals surface area contributed by atoms with E-state index in [1.165, 1.54) is 32.1 Å². The molecule has 4 heteroatoms. The third kappa shape index (κ3) is 3.35. The molecule has 0 aliphatic heterocycles. The SMILES string of the molecule is CCOC1CC(NC(=O)c2ccc(COC)cc2)C12CCCCC2. The van der Waals surface area contributed by atoms with Crippen molar-refractivity contribution in [3.63, 3.8) is 0 Å². The molecule has 1 N–H and O–H groups in total. The van der Waals surface area contributed by atoms with E-state index < -0.39 is 0 Å². The monoisotopic (exact) mass is 331 g/mol. The molecule has 1 spiro atoms. The first-order valence-corrected chi connectivity index (χ1v) is 9.20. The highest BCUT2D eigenvalue weighted by molar-refractivity contribution is 5.94. The fourth-order valence-corrected chi connectivity index (χ4v) is 4.43. The summed E-state index contributed by atoms with van der Waals surface area (Å²) in [5.41, 5.74) is 1.97. The molecule has 0 radical (unpaired) electrons. The Morgan fingerprint density at radius 3 is 2.54 bits per heavy atom. The molecule has 0 saturated heterocycles. The average Bonchev–Trinajstić information content (AvgIpc) is 2.62. The van der Waals surface area contributed by atoms with Gasteiger partial charge in [0.15, 0.2) is 0 Å². The van der Waals surface area contributed by atoms with Crippen molar-refractivity contribution < 1.29 is 14.3 Å². The first-order valence-electron chi connectivity index (χ1n) is 9.20. The van der Waals surface area contributed by atoms with Gasteiger partial charge in [-0.1, -0.05) is 31.4 Å². The summed E-state index contributed by atoms with van der Waals surface area (Å²) in [6, 6.07) is 7.93. The van der Waals surface area contributed by atoms with Gasteiger partial charge in [-0.3, -0.25) is 4.79 Å². The minimum atomic E-state index is 0.0314. The quantitative estimate of drug-likeness (QED) is 0.865. The van der Waals surface area contributed by atoms with Gasteiger partial charge in [-0.25, -0.2) is 0 Å². The molecule has 1 aromatic rings. The standard InChI is InChI=1S/C20H29NO3/c1-3-24-18-13-17(20(18)11-5-4-6-12-20)21-19(22)16-9-7-15(8-10-16)14-23-2/h7-10,17-18H,3-6,11-14H2,1-2H3,(H,21,22). The fourth-order valence-electron chi connectivity index (χ4n) is 4.43. The third-order valence-corrected chi connectivity index (χ3v) is 5.77. The average molecular weight is 331 g/mol. The summed E-state index contributed by atoms with van der Waals surface area (Å²) in [7, 11) is 1.68. The van der Waals surface area contributed by atoms with Crippen LogP contribution in [-0.4, -0.2) is 31.8 Å². The number of hydrogen-bond acceptors (Lipinski definition) is 3. The number of ether oxygens (including phenoxy) is 2. The molecule has 132 valence electrons. The van der Waals surface area contributed by atoms with Gasteiger partial charge < -0.3 is 14.8 Å². The van der Waals surface area contributed by atoms with Gasteiger partial charge in [0.25, 0.3) is 5.91 Å². The second kappa shape index (κ2) is 7.66. The van der Waals surface area contributed by atoms with Gasteiger partial charge in [-0.15, -0.1) is 0 Å². The van der Waals surface area contributed by atoms with Crippen LogP contribution in [0.15, 0.2) is 24.3 Å². The first kappa shape index (κ1) is 17.4. The molecule has 2 aliphatic rings. The molecule has 2 unspecified atom stereocenters. The summed E-state index contributed by atoms with van der Waals surface area (Å²) in [5.74, 6) is 0.0314. The van der Waals surface area contributed by atoms with Gasteiger partial charge in [0.1, 0.15) is 0 Å². The molecular formula is C20H29NO3. The molecule has 2 saturated carbocycles. The zero-order valence-electron chi connectivity index (χ0n) is 14.8. The predicted molar refractivity (Wildman–Crippen MR) is 94.0 cm³/mol. The van der Waals surface area contributed by atoms with Crippen molar-refractivity contribution in [1.82, 2.24) is 5.32 Å². The van der Waals surface area contributed by atoms with Crippen LogP contribution in [0.5, 0.6) is 0 Å². The van der Waals surface area contributed by atoms with Gasteiger partial charge in [0.2, 0.25) is 0 Å². The Morgan fingerprint density at radius 2 is 1.92 bits per heavy atom. The highest BCUT2D eigenvalue weighted by Crippen LogP contribution is 2.53. The molecule has 2 aliphatic carbocycles. The van der Waals surface area contributed by atoms with E-state index in [2.05, 4.69) is 12.2 Å². The molecule has 3 rings (SSSR count). The largest absolute Gasteiger partial charge is 0.380 e. The van der Waals surface area contributed by atoms with Gasteiger partial charge >= 0.3 is 0 Å². The van der Waals surface area contributed by atoms with Gasteiger partial charge in [0.05, 0.1) is 12.7 Å². The van der Waals surface area contributed by atoms with E-state index in [-0.39, 0.29) is 17.4 Å². The second-order valence-electron chi connectivity index (χ2n) is 7.13. The number of benzene rings is 1. The Bertz CT molecular complexity index is 549. The van der Waals surface area contributed by atoms with Crippen LogP contribution in [0.3, 0.4) is 0 Å². The van der Waals surface area contributed by atoms with Crippen molar-refractivity contribution in [2.45, 2.75) is 64.2 Å². The number of amides is 1. The Balaban J connectivity index is 1.65. The van der Waals surface area contributed by atoms with Crippen molar-refractivity contribution in [2.24, 2.45) is 5.41 Å². The maximum Gasteiger partial charge on any atom is 0.251 e. The van der Waals surface area contributed by atoms with Crippen LogP contribution in [-0.2, 0) is 16.1 Å². The number of nitrogens with one attached hydrogen (secondary N) is 1. The van der Waals surface area contributed by atoms with Crippen molar-refractivity contribution >= 4 is 5.91 Å².